The highest BCUT2D eigenvalue weighted by atomic mass is 79.9. The van der Waals surface area contributed by atoms with Gasteiger partial charge >= 0.3 is 0 Å². The van der Waals surface area contributed by atoms with Crippen molar-refractivity contribution in [1.82, 2.24) is 0 Å². The minimum absolute atomic E-state index is 0.00233. The van der Waals surface area contributed by atoms with Crippen LogP contribution in [0.15, 0.2) is 43.7 Å². The number of fused-ring (bicyclic) bond motifs is 1. The number of aliphatic hydroxyl groups is 1. The number of carbonyl (C=O) groups is 1. The van der Waals surface area contributed by atoms with Crippen molar-refractivity contribution < 1.29 is 24.5 Å². The van der Waals surface area contributed by atoms with Crippen LogP contribution >= 0.6 is 31.9 Å². The van der Waals surface area contributed by atoms with E-state index in [-0.39, 0.29) is 28.6 Å². The summed E-state index contributed by atoms with van der Waals surface area (Å²) in [5.74, 6) is -0.246. The lowest BCUT2D eigenvalue weighted by Crippen LogP contribution is -2.06. The van der Waals surface area contributed by atoms with E-state index in [0.29, 0.717) is 25.5 Å². The quantitative estimate of drug-likeness (QED) is 0.500. The fourth-order valence-electron chi connectivity index (χ4n) is 2.47. The van der Waals surface area contributed by atoms with Crippen LogP contribution < -0.4 is 0 Å². The van der Waals surface area contributed by atoms with Gasteiger partial charge in [-0.3, -0.25) is 4.79 Å². The molecule has 0 aliphatic carbocycles. The Morgan fingerprint density at radius 1 is 1.12 bits per heavy atom. The SMILES string of the molecule is CC(O)c1oc2cc(O)ccc2c1C(=O)c1cc(Br)c(O)c(Br)c1. The summed E-state index contributed by atoms with van der Waals surface area (Å²) in [7, 11) is 0. The first-order valence-corrected chi connectivity index (χ1v) is 8.54. The van der Waals surface area contributed by atoms with Crippen LogP contribution in [0.3, 0.4) is 0 Å². The maximum absolute atomic E-state index is 13.0. The van der Waals surface area contributed by atoms with Crippen molar-refractivity contribution in [2.75, 3.05) is 0 Å². The van der Waals surface area contributed by atoms with Crippen molar-refractivity contribution in [1.29, 1.82) is 0 Å². The molecule has 0 bridgehead atoms. The molecule has 3 N–H and O–H groups in total. The van der Waals surface area contributed by atoms with Gasteiger partial charge in [0.2, 0.25) is 0 Å². The van der Waals surface area contributed by atoms with Crippen molar-refractivity contribution >= 4 is 48.6 Å². The Hall–Kier alpha value is -1.83. The van der Waals surface area contributed by atoms with E-state index in [2.05, 4.69) is 31.9 Å². The van der Waals surface area contributed by atoms with Gasteiger partial charge in [-0.05, 0) is 63.0 Å². The fourth-order valence-corrected chi connectivity index (χ4v) is 3.66. The van der Waals surface area contributed by atoms with Crippen LogP contribution in [-0.4, -0.2) is 21.1 Å². The summed E-state index contributed by atoms with van der Waals surface area (Å²) in [6, 6.07) is 7.39. The first-order chi connectivity index (χ1) is 11.3. The molecule has 1 aromatic heterocycles. The molecule has 24 heavy (non-hydrogen) atoms. The molecule has 0 spiro atoms. The van der Waals surface area contributed by atoms with Crippen molar-refractivity contribution in [2.45, 2.75) is 13.0 Å². The molecule has 1 unspecified atom stereocenters. The highest BCUT2D eigenvalue weighted by Gasteiger charge is 2.25. The number of halogens is 2. The topological polar surface area (TPSA) is 90.9 Å². The average Bonchev–Trinajstić information content (AvgIpc) is 2.90. The van der Waals surface area contributed by atoms with Gasteiger partial charge in [-0.2, -0.15) is 0 Å². The highest BCUT2D eigenvalue weighted by Crippen LogP contribution is 2.37. The van der Waals surface area contributed by atoms with E-state index in [4.69, 9.17) is 4.42 Å². The third-order valence-corrected chi connectivity index (χ3v) is 4.80. The van der Waals surface area contributed by atoms with Gasteiger partial charge in [-0.25, -0.2) is 0 Å². The zero-order chi connectivity index (χ0) is 17.6. The molecule has 0 saturated heterocycles. The second-order valence-electron chi connectivity index (χ2n) is 5.32. The van der Waals surface area contributed by atoms with Crippen LogP contribution in [0.5, 0.6) is 11.5 Å². The summed E-state index contributed by atoms with van der Waals surface area (Å²) in [6.45, 7) is 1.50. The van der Waals surface area contributed by atoms with Crippen LogP contribution in [0.1, 0.15) is 34.7 Å². The number of aromatic hydroxyl groups is 2. The number of aliphatic hydroxyl groups excluding tert-OH is 1. The lowest BCUT2D eigenvalue weighted by Gasteiger charge is -2.07. The maximum Gasteiger partial charge on any atom is 0.197 e. The number of hydrogen-bond donors (Lipinski definition) is 3. The van der Waals surface area contributed by atoms with Gasteiger partial charge in [0.15, 0.2) is 5.78 Å². The monoisotopic (exact) mass is 454 g/mol. The molecule has 3 rings (SSSR count). The molecule has 0 radical (unpaired) electrons. The van der Waals surface area contributed by atoms with Gasteiger partial charge in [0, 0.05) is 17.0 Å². The van der Waals surface area contributed by atoms with Crippen molar-refractivity contribution in [3.05, 3.63) is 56.2 Å². The molecule has 0 aliphatic heterocycles. The van der Waals surface area contributed by atoms with Gasteiger partial charge in [-0.1, -0.05) is 0 Å². The van der Waals surface area contributed by atoms with Crippen LogP contribution in [0.2, 0.25) is 0 Å². The number of phenolic OH excluding ortho intramolecular Hbond substituents is 2. The zero-order valence-electron chi connectivity index (χ0n) is 12.4. The van der Waals surface area contributed by atoms with Gasteiger partial charge in [-0.15, -0.1) is 0 Å². The summed E-state index contributed by atoms with van der Waals surface area (Å²) in [5, 5.41) is 29.8. The third kappa shape index (κ3) is 2.83. The Bertz CT molecular complexity index is 936. The molecule has 2 aromatic carbocycles. The van der Waals surface area contributed by atoms with Crippen molar-refractivity contribution in [2.24, 2.45) is 0 Å². The molecule has 1 atom stereocenters. The molecular weight excluding hydrogens is 444 g/mol. The Morgan fingerprint density at radius 2 is 1.75 bits per heavy atom. The van der Waals surface area contributed by atoms with Crippen molar-refractivity contribution in [3.63, 3.8) is 0 Å². The number of hydrogen-bond acceptors (Lipinski definition) is 5. The standard InChI is InChI=1S/C17H12Br2O5/c1-7(20)17-14(10-3-2-9(21)6-13(10)24-17)15(22)8-4-11(18)16(23)12(19)5-8/h2-7,20-21,23H,1H3. The zero-order valence-corrected chi connectivity index (χ0v) is 15.6. The van der Waals surface area contributed by atoms with Gasteiger partial charge in [0.05, 0.1) is 14.5 Å². The van der Waals surface area contributed by atoms with E-state index in [0.717, 1.165) is 0 Å². The first kappa shape index (κ1) is 17.0. The van der Waals surface area contributed by atoms with Crippen LogP contribution in [0.4, 0.5) is 0 Å². The molecule has 0 amide bonds. The normalized spacial score (nSPS) is 12.5. The third-order valence-electron chi connectivity index (χ3n) is 3.59. The molecule has 0 saturated carbocycles. The average molecular weight is 456 g/mol. The maximum atomic E-state index is 13.0. The highest BCUT2D eigenvalue weighted by molar-refractivity contribution is 9.11. The number of ketones is 1. The van der Waals surface area contributed by atoms with Gasteiger partial charge < -0.3 is 19.7 Å². The van der Waals surface area contributed by atoms with E-state index in [9.17, 15) is 20.1 Å². The van der Waals surface area contributed by atoms with Crippen LogP contribution in [-0.2, 0) is 0 Å². The first-order valence-electron chi connectivity index (χ1n) is 6.95. The summed E-state index contributed by atoms with van der Waals surface area (Å²) < 4.78 is 6.29. The molecule has 5 nitrogen and oxygen atoms in total. The van der Waals surface area contributed by atoms with E-state index >= 15 is 0 Å². The lowest BCUT2D eigenvalue weighted by molar-refractivity contribution is 0.102. The Morgan fingerprint density at radius 3 is 2.33 bits per heavy atom. The summed E-state index contributed by atoms with van der Waals surface area (Å²) >= 11 is 6.39. The Labute approximate surface area is 153 Å². The van der Waals surface area contributed by atoms with Crippen molar-refractivity contribution in [3.8, 4) is 11.5 Å². The number of benzene rings is 2. The van der Waals surface area contributed by atoms with E-state index in [1.807, 2.05) is 0 Å². The number of phenols is 2. The summed E-state index contributed by atoms with van der Waals surface area (Å²) in [6.07, 6.45) is -0.998. The van der Waals surface area contributed by atoms with E-state index in [1.54, 1.807) is 6.07 Å². The van der Waals surface area contributed by atoms with E-state index < -0.39 is 6.10 Å². The van der Waals surface area contributed by atoms with E-state index in [1.165, 1.54) is 31.2 Å². The van der Waals surface area contributed by atoms with Crippen LogP contribution in [0, 0.1) is 0 Å². The molecule has 0 aliphatic rings. The van der Waals surface area contributed by atoms with Gasteiger partial charge in [0.25, 0.3) is 0 Å². The largest absolute Gasteiger partial charge is 0.508 e. The minimum Gasteiger partial charge on any atom is -0.508 e. The number of rotatable bonds is 3. The second-order valence-corrected chi connectivity index (χ2v) is 7.02. The summed E-state index contributed by atoms with van der Waals surface area (Å²) in [5.41, 5.74) is 0.847. The Balaban J connectivity index is 2.24. The van der Waals surface area contributed by atoms with Crippen LogP contribution in [0.25, 0.3) is 11.0 Å². The molecule has 3 aromatic rings. The molecule has 7 heteroatoms. The molecular formula is C17H12Br2O5. The lowest BCUT2D eigenvalue weighted by atomic mass is 9.98. The number of furan rings is 1. The molecule has 0 fully saturated rings. The van der Waals surface area contributed by atoms with Gasteiger partial charge in [0.1, 0.15) is 28.9 Å². The number of carbonyl (C=O) groups excluding carboxylic acids is 1. The second kappa shape index (κ2) is 6.23. The predicted molar refractivity (Wildman–Crippen MR) is 95.5 cm³/mol. The molecule has 124 valence electrons. The minimum atomic E-state index is -0.998. The Kier molecular flexibility index (Phi) is 4.42. The summed E-state index contributed by atoms with van der Waals surface area (Å²) in [4.78, 5) is 13.0. The predicted octanol–water partition coefficient (Wildman–Crippen LogP) is 4.65. The molecule has 1 heterocycles. The fraction of sp³-hybridized carbons (Fsp3) is 0.118. The smallest absolute Gasteiger partial charge is 0.197 e.